The molecule has 2 aromatic rings. The van der Waals surface area contributed by atoms with Crippen LogP contribution in [0.15, 0.2) is 16.8 Å². The van der Waals surface area contributed by atoms with Crippen LogP contribution in [0.3, 0.4) is 0 Å². The maximum atomic E-state index is 5.28. The van der Waals surface area contributed by atoms with Crippen molar-refractivity contribution in [3.63, 3.8) is 0 Å². The smallest absolute Gasteiger partial charge is 0.227 e. The van der Waals surface area contributed by atoms with Crippen LogP contribution in [-0.4, -0.2) is 33.2 Å². The van der Waals surface area contributed by atoms with Crippen molar-refractivity contribution in [3.8, 4) is 11.5 Å². The molecule has 2 aromatic heterocycles. The van der Waals surface area contributed by atoms with E-state index in [1.54, 1.807) is 12.3 Å². The van der Waals surface area contributed by atoms with Gasteiger partial charge in [0.15, 0.2) is 0 Å². The summed E-state index contributed by atoms with van der Waals surface area (Å²) >= 11 is 0. The molecule has 0 radical (unpaired) electrons. The summed E-state index contributed by atoms with van der Waals surface area (Å²) in [5.74, 6) is 2.68. The Morgan fingerprint density at radius 2 is 2.37 bits per heavy atom. The molecule has 100 valence electrons. The van der Waals surface area contributed by atoms with E-state index < -0.39 is 0 Å². The van der Waals surface area contributed by atoms with Gasteiger partial charge in [-0.05, 0) is 44.8 Å². The third kappa shape index (κ3) is 2.96. The zero-order valence-electron chi connectivity index (χ0n) is 11.0. The molecule has 1 atom stereocenters. The number of rotatable bonds is 4. The van der Waals surface area contributed by atoms with Crippen LogP contribution in [0.1, 0.15) is 24.6 Å². The average Bonchev–Trinajstić information content (AvgIpc) is 3.08. The molecule has 1 aliphatic rings. The first kappa shape index (κ1) is 12.2. The molecule has 3 rings (SSSR count). The van der Waals surface area contributed by atoms with Gasteiger partial charge in [-0.3, -0.25) is 0 Å². The highest BCUT2D eigenvalue weighted by Gasteiger charge is 2.16. The van der Waals surface area contributed by atoms with Gasteiger partial charge >= 0.3 is 0 Å². The van der Waals surface area contributed by atoms with E-state index in [2.05, 4.69) is 25.4 Å². The molecule has 1 unspecified atom stereocenters. The molecular weight excluding hydrogens is 242 g/mol. The van der Waals surface area contributed by atoms with Crippen LogP contribution in [0.5, 0.6) is 0 Å². The first-order valence-corrected chi connectivity index (χ1v) is 6.64. The molecule has 0 bridgehead atoms. The Kier molecular flexibility index (Phi) is 3.50. The maximum Gasteiger partial charge on any atom is 0.227 e. The van der Waals surface area contributed by atoms with Crippen molar-refractivity contribution in [3.05, 3.63) is 24.0 Å². The highest BCUT2D eigenvalue weighted by molar-refractivity contribution is 5.46. The zero-order valence-corrected chi connectivity index (χ0v) is 11.0. The number of aromatic nitrogens is 4. The van der Waals surface area contributed by atoms with Crippen LogP contribution in [0.2, 0.25) is 0 Å². The van der Waals surface area contributed by atoms with Crippen molar-refractivity contribution in [2.24, 2.45) is 5.92 Å². The van der Waals surface area contributed by atoms with E-state index >= 15 is 0 Å². The molecule has 0 aliphatic carbocycles. The third-order valence-corrected chi connectivity index (χ3v) is 3.40. The van der Waals surface area contributed by atoms with Gasteiger partial charge in [-0.15, -0.1) is 0 Å². The molecular formula is C13H17N5O. The minimum atomic E-state index is 0.546. The van der Waals surface area contributed by atoms with Gasteiger partial charge in [-0.2, -0.15) is 4.98 Å². The summed E-state index contributed by atoms with van der Waals surface area (Å²) in [7, 11) is 0. The molecule has 1 fully saturated rings. The quantitative estimate of drug-likeness (QED) is 0.893. The predicted octanol–water partition coefficient (Wildman–Crippen LogP) is 1.38. The van der Waals surface area contributed by atoms with E-state index in [1.807, 2.05) is 6.92 Å². The summed E-state index contributed by atoms with van der Waals surface area (Å²) in [6.07, 6.45) is 4.88. The van der Waals surface area contributed by atoms with Crippen molar-refractivity contribution in [1.82, 2.24) is 25.4 Å². The second-order valence-electron chi connectivity index (χ2n) is 4.90. The van der Waals surface area contributed by atoms with Crippen LogP contribution in [0.4, 0.5) is 0 Å². The van der Waals surface area contributed by atoms with Gasteiger partial charge < -0.3 is 9.84 Å². The Hall–Kier alpha value is -1.82. The fourth-order valence-corrected chi connectivity index (χ4v) is 2.33. The number of nitrogens with zero attached hydrogens (tertiary/aromatic N) is 4. The van der Waals surface area contributed by atoms with Crippen LogP contribution < -0.4 is 5.32 Å². The Balaban J connectivity index is 1.65. The lowest BCUT2D eigenvalue weighted by Gasteiger charge is -2.03. The normalized spacial score (nSPS) is 18.9. The molecule has 1 aliphatic heterocycles. The summed E-state index contributed by atoms with van der Waals surface area (Å²) in [6, 6.07) is 1.79. The number of hydrogen-bond acceptors (Lipinski definition) is 6. The number of nitrogens with one attached hydrogen (secondary N) is 1. The van der Waals surface area contributed by atoms with Crippen LogP contribution in [0, 0.1) is 12.8 Å². The topological polar surface area (TPSA) is 76.7 Å². The Labute approximate surface area is 111 Å². The standard InChI is InChI=1S/C13H17N5O/c1-9-15-7-5-11(16-9)13-17-12(19-18-13)3-2-10-4-6-14-8-10/h5,7,10,14H,2-4,6,8H2,1H3. The van der Waals surface area contributed by atoms with Gasteiger partial charge in [-0.25, -0.2) is 9.97 Å². The van der Waals surface area contributed by atoms with Crippen molar-refractivity contribution in [2.45, 2.75) is 26.2 Å². The summed E-state index contributed by atoms with van der Waals surface area (Å²) in [6.45, 7) is 4.07. The molecule has 1 saturated heterocycles. The Morgan fingerprint density at radius 1 is 1.42 bits per heavy atom. The molecule has 3 heterocycles. The van der Waals surface area contributed by atoms with Crippen LogP contribution in [-0.2, 0) is 6.42 Å². The molecule has 1 N–H and O–H groups in total. The fraction of sp³-hybridized carbons (Fsp3) is 0.538. The summed E-state index contributed by atoms with van der Waals surface area (Å²) < 4.78 is 5.28. The zero-order chi connectivity index (χ0) is 13.1. The monoisotopic (exact) mass is 259 g/mol. The minimum absolute atomic E-state index is 0.546. The van der Waals surface area contributed by atoms with Gasteiger partial charge in [0.05, 0.1) is 0 Å². The Morgan fingerprint density at radius 3 is 3.16 bits per heavy atom. The van der Waals surface area contributed by atoms with Gasteiger partial charge in [0.1, 0.15) is 11.5 Å². The molecule has 6 nitrogen and oxygen atoms in total. The van der Waals surface area contributed by atoms with E-state index in [0.717, 1.165) is 31.8 Å². The first-order chi connectivity index (χ1) is 9.31. The van der Waals surface area contributed by atoms with Gasteiger partial charge in [0.2, 0.25) is 11.7 Å². The van der Waals surface area contributed by atoms with Gasteiger partial charge in [-0.1, -0.05) is 5.16 Å². The second-order valence-corrected chi connectivity index (χ2v) is 4.90. The van der Waals surface area contributed by atoms with Crippen LogP contribution in [0.25, 0.3) is 11.5 Å². The molecule has 0 spiro atoms. The lowest BCUT2D eigenvalue weighted by molar-refractivity contribution is 0.365. The van der Waals surface area contributed by atoms with Crippen LogP contribution >= 0.6 is 0 Å². The summed E-state index contributed by atoms with van der Waals surface area (Å²) in [4.78, 5) is 12.7. The highest BCUT2D eigenvalue weighted by atomic mass is 16.5. The van der Waals surface area contributed by atoms with Crippen molar-refractivity contribution in [2.75, 3.05) is 13.1 Å². The van der Waals surface area contributed by atoms with E-state index in [4.69, 9.17) is 4.52 Å². The summed E-state index contributed by atoms with van der Waals surface area (Å²) in [5, 5.41) is 7.34. The lowest BCUT2D eigenvalue weighted by atomic mass is 10.0. The second kappa shape index (κ2) is 5.44. The predicted molar refractivity (Wildman–Crippen MR) is 69.4 cm³/mol. The molecule has 6 heteroatoms. The molecule has 0 saturated carbocycles. The molecule has 0 aromatic carbocycles. The lowest BCUT2D eigenvalue weighted by Crippen LogP contribution is -2.09. The number of aryl methyl sites for hydroxylation is 2. The van der Waals surface area contributed by atoms with Crippen molar-refractivity contribution in [1.29, 1.82) is 0 Å². The average molecular weight is 259 g/mol. The van der Waals surface area contributed by atoms with Crippen molar-refractivity contribution >= 4 is 0 Å². The van der Waals surface area contributed by atoms with E-state index in [0.29, 0.717) is 23.2 Å². The summed E-state index contributed by atoms with van der Waals surface area (Å²) in [5.41, 5.74) is 0.713. The third-order valence-electron chi connectivity index (χ3n) is 3.40. The maximum absolute atomic E-state index is 5.28. The fourth-order valence-electron chi connectivity index (χ4n) is 2.33. The molecule has 0 amide bonds. The van der Waals surface area contributed by atoms with Crippen molar-refractivity contribution < 1.29 is 4.52 Å². The van der Waals surface area contributed by atoms with E-state index in [1.165, 1.54) is 6.42 Å². The van der Waals surface area contributed by atoms with Gasteiger partial charge in [0.25, 0.3) is 0 Å². The first-order valence-electron chi connectivity index (χ1n) is 6.64. The highest BCUT2D eigenvalue weighted by Crippen LogP contribution is 2.17. The van der Waals surface area contributed by atoms with Gasteiger partial charge in [0, 0.05) is 12.6 Å². The SMILES string of the molecule is Cc1nccc(-c2noc(CCC3CCNC3)n2)n1. The number of hydrogen-bond donors (Lipinski definition) is 1. The Bertz CT molecular complexity index is 547. The minimum Gasteiger partial charge on any atom is -0.339 e. The van der Waals surface area contributed by atoms with E-state index in [9.17, 15) is 0 Å². The largest absolute Gasteiger partial charge is 0.339 e. The molecule has 19 heavy (non-hydrogen) atoms. The van der Waals surface area contributed by atoms with E-state index in [-0.39, 0.29) is 0 Å².